The smallest absolute Gasteiger partial charge is 0.362 e. The highest BCUT2D eigenvalue weighted by Crippen LogP contribution is 2.52. The zero-order valence-electron chi connectivity index (χ0n) is 13.0. The Labute approximate surface area is 136 Å². The second-order valence-corrected chi connectivity index (χ2v) is 7.09. The molecule has 0 aliphatic carbocycles. The Morgan fingerprint density at radius 1 is 1.32 bits per heavy atom. The van der Waals surface area contributed by atoms with E-state index in [2.05, 4.69) is 0 Å². The second kappa shape index (κ2) is 9.29. The van der Waals surface area contributed by atoms with Crippen LogP contribution in [0.5, 0.6) is 0 Å². The first kappa shape index (κ1) is 19.1. The van der Waals surface area contributed by atoms with E-state index >= 15 is 0 Å². The minimum Gasteiger partial charge on any atom is -0.377 e. The number of aliphatic hydroxyl groups is 1. The molecule has 0 amide bonds. The molecule has 0 saturated carbocycles. The lowest BCUT2D eigenvalue weighted by atomic mass is 10.1. The van der Waals surface area contributed by atoms with Gasteiger partial charge in [-0.2, -0.15) is 0 Å². The summed E-state index contributed by atoms with van der Waals surface area (Å²) in [7, 11) is -3.55. The fourth-order valence-electron chi connectivity index (χ4n) is 1.76. The number of halogens is 1. The Balaban J connectivity index is 2.87. The molecule has 0 saturated heterocycles. The first-order chi connectivity index (χ1) is 10.4. The lowest BCUT2D eigenvalue weighted by Crippen LogP contribution is -2.10. The van der Waals surface area contributed by atoms with Gasteiger partial charge in [0.05, 0.1) is 13.2 Å². The van der Waals surface area contributed by atoms with Gasteiger partial charge in [0.25, 0.3) is 0 Å². The van der Waals surface area contributed by atoms with Crippen molar-refractivity contribution in [3.05, 3.63) is 52.6 Å². The number of rotatable bonds is 8. The molecule has 0 fully saturated rings. The van der Waals surface area contributed by atoms with Crippen LogP contribution in [0.3, 0.4) is 0 Å². The van der Waals surface area contributed by atoms with Crippen molar-refractivity contribution in [3.63, 3.8) is 0 Å². The molecule has 1 aromatic carbocycles. The highest BCUT2D eigenvalue weighted by molar-refractivity contribution is 7.54. The van der Waals surface area contributed by atoms with E-state index in [-0.39, 0.29) is 13.2 Å². The third-order valence-electron chi connectivity index (χ3n) is 2.79. The summed E-state index contributed by atoms with van der Waals surface area (Å²) in [6, 6.07) is 7.42. The molecule has 1 N–H and O–H groups in total. The molecule has 0 spiro atoms. The maximum absolute atomic E-state index is 12.4. The molecule has 0 aromatic heterocycles. The van der Waals surface area contributed by atoms with Gasteiger partial charge in [-0.3, -0.25) is 4.57 Å². The SMILES string of the molecule is CCOP(=O)(OCC)C(O)/C=C(C)/C=C/c1ccccc1Cl. The third-order valence-corrected chi connectivity index (χ3v) is 5.16. The van der Waals surface area contributed by atoms with Gasteiger partial charge in [0.1, 0.15) is 0 Å². The Hall–Kier alpha value is -0.900. The van der Waals surface area contributed by atoms with Gasteiger partial charge in [-0.25, -0.2) is 0 Å². The molecule has 0 aliphatic heterocycles. The fraction of sp³-hybridized carbons (Fsp3) is 0.375. The molecule has 1 atom stereocenters. The van der Waals surface area contributed by atoms with Crippen molar-refractivity contribution >= 4 is 25.3 Å². The molecule has 4 nitrogen and oxygen atoms in total. The van der Waals surface area contributed by atoms with E-state index in [4.69, 9.17) is 20.6 Å². The fourth-order valence-corrected chi connectivity index (χ4v) is 3.48. The van der Waals surface area contributed by atoms with Gasteiger partial charge in [-0.1, -0.05) is 47.5 Å². The lowest BCUT2D eigenvalue weighted by Gasteiger charge is -2.20. The lowest BCUT2D eigenvalue weighted by molar-refractivity contribution is 0.168. The zero-order chi connectivity index (χ0) is 16.6. The van der Waals surface area contributed by atoms with Crippen LogP contribution in [0.2, 0.25) is 5.02 Å². The normalized spacial score (nSPS) is 14.5. The van der Waals surface area contributed by atoms with E-state index in [1.165, 1.54) is 6.08 Å². The van der Waals surface area contributed by atoms with Gasteiger partial charge >= 0.3 is 7.60 Å². The van der Waals surface area contributed by atoms with Gasteiger partial charge < -0.3 is 14.2 Å². The summed E-state index contributed by atoms with van der Waals surface area (Å²) in [5.41, 5.74) is 1.59. The van der Waals surface area contributed by atoms with Crippen LogP contribution in [-0.4, -0.2) is 24.2 Å². The minimum atomic E-state index is -3.55. The van der Waals surface area contributed by atoms with Crippen LogP contribution in [0.15, 0.2) is 42.0 Å². The Morgan fingerprint density at radius 3 is 2.45 bits per heavy atom. The van der Waals surface area contributed by atoms with Crippen LogP contribution in [0.25, 0.3) is 6.08 Å². The molecule has 1 rings (SSSR count). The molecule has 1 aromatic rings. The van der Waals surface area contributed by atoms with E-state index in [1.807, 2.05) is 24.3 Å². The standard InChI is InChI=1S/C16H22ClO4P/c1-4-20-22(19,21-5-2)16(18)12-13(3)10-11-14-8-6-7-9-15(14)17/h6-12,16,18H,4-5H2,1-3H3/b11-10+,13-12+. The van der Waals surface area contributed by atoms with Crippen LogP contribution in [0.1, 0.15) is 26.3 Å². The summed E-state index contributed by atoms with van der Waals surface area (Å²) in [5.74, 6) is -1.30. The van der Waals surface area contributed by atoms with Crippen molar-refractivity contribution in [2.75, 3.05) is 13.2 Å². The molecule has 1 unspecified atom stereocenters. The topological polar surface area (TPSA) is 55.8 Å². The average molecular weight is 345 g/mol. The molecular formula is C16H22ClO4P. The van der Waals surface area contributed by atoms with E-state index in [1.54, 1.807) is 32.9 Å². The van der Waals surface area contributed by atoms with E-state index in [0.717, 1.165) is 11.1 Å². The van der Waals surface area contributed by atoms with Gasteiger partial charge in [-0.05, 0) is 38.5 Å². The molecule has 122 valence electrons. The summed E-state index contributed by atoms with van der Waals surface area (Å²) in [4.78, 5) is 0. The molecule has 6 heteroatoms. The number of allylic oxidation sites excluding steroid dienone is 2. The molecule has 22 heavy (non-hydrogen) atoms. The number of hydrogen-bond acceptors (Lipinski definition) is 4. The maximum Gasteiger partial charge on any atom is 0.362 e. The van der Waals surface area contributed by atoms with Crippen molar-refractivity contribution in [2.24, 2.45) is 0 Å². The first-order valence-electron chi connectivity index (χ1n) is 7.10. The minimum absolute atomic E-state index is 0.205. The van der Waals surface area contributed by atoms with Crippen LogP contribution < -0.4 is 0 Å². The van der Waals surface area contributed by atoms with Crippen molar-refractivity contribution < 1.29 is 18.7 Å². The third kappa shape index (κ3) is 5.71. The Bertz CT molecular complexity index is 573. The molecule has 0 bridgehead atoms. The number of aliphatic hydroxyl groups excluding tert-OH is 1. The highest BCUT2D eigenvalue weighted by atomic mass is 35.5. The van der Waals surface area contributed by atoms with Crippen LogP contribution in [-0.2, 0) is 13.6 Å². The summed E-state index contributed by atoms with van der Waals surface area (Å²) < 4.78 is 22.6. The largest absolute Gasteiger partial charge is 0.377 e. The van der Waals surface area contributed by atoms with Crippen molar-refractivity contribution in [2.45, 2.75) is 26.6 Å². The number of benzene rings is 1. The molecule has 0 aliphatic rings. The van der Waals surface area contributed by atoms with Crippen LogP contribution in [0, 0.1) is 0 Å². The molecular weight excluding hydrogens is 323 g/mol. The highest BCUT2D eigenvalue weighted by Gasteiger charge is 2.32. The number of hydrogen-bond donors (Lipinski definition) is 1. The van der Waals surface area contributed by atoms with Crippen molar-refractivity contribution in [1.82, 2.24) is 0 Å². The Kier molecular flexibility index (Phi) is 8.08. The van der Waals surface area contributed by atoms with Gasteiger partial charge in [0.2, 0.25) is 0 Å². The van der Waals surface area contributed by atoms with E-state index in [0.29, 0.717) is 5.02 Å². The summed E-state index contributed by atoms with van der Waals surface area (Å²) >= 11 is 6.06. The van der Waals surface area contributed by atoms with Crippen LogP contribution >= 0.6 is 19.2 Å². The predicted molar refractivity (Wildman–Crippen MR) is 91.1 cm³/mol. The predicted octanol–water partition coefficient (Wildman–Crippen LogP) is 4.88. The van der Waals surface area contributed by atoms with Crippen LogP contribution in [0.4, 0.5) is 0 Å². The van der Waals surface area contributed by atoms with Gasteiger partial charge in [-0.15, -0.1) is 0 Å². The average Bonchev–Trinajstić information content (AvgIpc) is 2.47. The Morgan fingerprint density at radius 2 is 1.91 bits per heavy atom. The molecule has 0 radical (unpaired) electrons. The maximum atomic E-state index is 12.4. The van der Waals surface area contributed by atoms with Crippen molar-refractivity contribution in [1.29, 1.82) is 0 Å². The zero-order valence-corrected chi connectivity index (χ0v) is 14.7. The second-order valence-electron chi connectivity index (χ2n) is 4.55. The van der Waals surface area contributed by atoms with Gasteiger partial charge in [0, 0.05) is 5.02 Å². The summed E-state index contributed by atoms with van der Waals surface area (Å²) in [6.07, 6.45) is 5.07. The van der Waals surface area contributed by atoms with E-state index in [9.17, 15) is 9.67 Å². The van der Waals surface area contributed by atoms with Crippen molar-refractivity contribution in [3.8, 4) is 0 Å². The summed E-state index contributed by atoms with van der Waals surface area (Å²) in [5, 5.41) is 10.7. The first-order valence-corrected chi connectivity index (χ1v) is 9.09. The monoisotopic (exact) mass is 344 g/mol. The van der Waals surface area contributed by atoms with Gasteiger partial charge in [0.15, 0.2) is 5.85 Å². The quantitative estimate of drug-likeness (QED) is 0.539. The summed E-state index contributed by atoms with van der Waals surface area (Å²) in [6.45, 7) is 5.60. The van der Waals surface area contributed by atoms with E-state index < -0.39 is 13.4 Å². The molecule has 0 heterocycles.